The highest BCUT2D eigenvalue weighted by atomic mass is 19.1. The fourth-order valence-electron chi connectivity index (χ4n) is 2.89. The summed E-state index contributed by atoms with van der Waals surface area (Å²) in [6.07, 6.45) is 2.98. The van der Waals surface area contributed by atoms with Gasteiger partial charge < -0.3 is 15.4 Å². The van der Waals surface area contributed by atoms with E-state index in [0.717, 1.165) is 45.1 Å². The molecule has 1 aliphatic rings. The summed E-state index contributed by atoms with van der Waals surface area (Å²) in [5.74, 6) is -0.487. The third-order valence-electron chi connectivity index (χ3n) is 4.18. The fraction of sp³-hybridized carbons (Fsp3) is 0.625. The van der Waals surface area contributed by atoms with Crippen molar-refractivity contribution in [2.24, 2.45) is 11.7 Å². The number of benzene rings is 1. The van der Waals surface area contributed by atoms with Crippen LogP contribution in [0, 0.1) is 17.6 Å². The van der Waals surface area contributed by atoms with Crippen LogP contribution >= 0.6 is 0 Å². The monoisotopic (exact) mass is 298 g/mol. The van der Waals surface area contributed by atoms with Crippen molar-refractivity contribution in [3.8, 4) is 0 Å². The van der Waals surface area contributed by atoms with Crippen LogP contribution in [0.4, 0.5) is 8.78 Å². The summed E-state index contributed by atoms with van der Waals surface area (Å²) >= 11 is 0. The van der Waals surface area contributed by atoms with Crippen LogP contribution in [-0.2, 0) is 4.74 Å². The molecule has 1 fully saturated rings. The average molecular weight is 298 g/mol. The van der Waals surface area contributed by atoms with Gasteiger partial charge in [0.15, 0.2) is 0 Å². The van der Waals surface area contributed by atoms with Gasteiger partial charge in [0.05, 0.1) is 0 Å². The number of likely N-dealkylation sites (tertiary alicyclic amines) is 1. The zero-order valence-corrected chi connectivity index (χ0v) is 12.5. The molecule has 1 unspecified atom stereocenters. The number of hydrogen-bond donors (Lipinski definition) is 1. The van der Waals surface area contributed by atoms with Gasteiger partial charge in [-0.1, -0.05) is 0 Å². The van der Waals surface area contributed by atoms with Gasteiger partial charge in [0, 0.05) is 25.8 Å². The second kappa shape index (κ2) is 7.82. The molecule has 5 heteroatoms. The third-order valence-corrected chi connectivity index (χ3v) is 4.18. The minimum Gasteiger partial charge on any atom is -0.384 e. The Balaban J connectivity index is 1.78. The van der Waals surface area contributed by atoms with Crippen LogP contribution in [0.1, 0.15) is 30.9 Å². The molecule has 21 heavy (non-hydrogen) atoms. The molecule has 1 heterocycles. The van der Waals surface area contributed by atoms with Crippen molar-refractivity contribution in [2.75, 3.05) is 33.4 Å². The molecular formula is C16H24F2N2O. The van der Waals surface area contributed by atoms with Gasteiger partial charge in [-0.3, -0.25) is 0 Å². The number of rotatable bonds is 6. The summed E-state index contributed by atoms with van der Waals surface area (Å²) < 4.78 is 31.5. The van der Waals surface area contributed by atoms with Crippen molar-refractivity contribution >= 4 is 0 Å². The zero-order valence-electron chi connectivity index (χ0n) is 12.5. The molecule has 0 spiro atoms. The molecule has 0 radical (unpaired) electrons. The second-order valence-corrected chi connectivity index (χ2v) is 5.84. The first-order chi connectivity index (χ1) is 10.1. The van der Waals surface area contributed by atoms with E-state index in [1.54, 1.807) is 7.11 Å². The molecule has 118 valence electrons. The molecule has 0 saturated carbocycles. The van der Waals surface area contributed by atoms with Gasteiger partial charge in [0.2, 0.25) is 0 Å². The Kier molecular flexibility index (Phi) is 6.08. The van der Waals surface area contributed by atoms with Crippen molar-refractivity contribution in [3.05, 3.63) is 35.4 Å². The molecule has 0 aliphatic carbocycles. The van der Waals surface area contributed by atoms with E-state index >= 15 is 0 Å². The van der Waals surface area contributed by atoms with E-state index in [1.807, 2.05) is 0 Å². The maximum Gasteiger partial charge on any atom is 0.126 e. The molecule has 1 aliphatic heterocycles. The summed E-state index contributed by atoms with van der Waals surface area (Å²) in [5.41, 5.74) is 6.57. The summed E-state index contributed by atoms with van der Waals surface area (Å²) in [4.78, 5) is 2.36. The van der Waals surface area contributed by atoms with E-state index in [2.05, 4.69) is 4.90 Å². The van der Waals surface area contributed by atoms with E-state index in [0.29, 0.717) is 17.9 Å². The number of hydrogen-bond acceptors (Lipinski definition) is 3. The molecular weight excluding hydrogens is 274 g/mol. The Labute approximate surface area is 125 Å². The molecule has 3 nitrogen and oxygen atoms in total. The maximum atomic E-state index is 13.2. The van der Waals surface area contributed by atoms with Gasteiger partial charge >= 0.3 is 0 Å². The predicted molar refractivity (Wildman–Crippen MR) is 78.9 cm³/mol. The Morgan fingerprint density at radius 2 is 1.86 bits per heavy atom. The highest BCUT2D eigenvalue weighted by molar-refractivity contribution is 5.21. The molecule has 1 atom stereocenters. The number of halogens is 2. The first-order valence-corrected chi connectivity index (χ1v) is 7.51. The minimum atomic E-state index is -0.569. The Bertz CT molecular complexity index is 428. The van der Waals surface area contributed by atoms with Crippen LogP contribution in [-0.4, -0.2) is 38.3 Å². The van der Waals surface area contributed by atoms with E-state index in [4.69, 9.17) is 10.5 Å². The number of nitrogens with zero attached hydrogens (tertiary/aromatic N) is 1. The molecule has 2 N–H and O–H groups in total. The Morgan fingerprint density at radius 1 is 1.24 bits per heavy atom. The molecule has 0 aromatic heterocycles. The molecule has 0 amide bonds. The third kappa shape index (κ3) is 5.02. The van der Waals surface area contributed by atoms with Crippen LogP contribution in [0.3, 0.4) is 0 Å². The van der Waals surface area contributed by atoms with Crippen molar-refractivity contribution in [2.45, 2.75) is 25.3 Å². The van der Waals surface area contributed by atoms with Crippen LogP contribution in [0.15, 0.2) is 18.2 Å². The van der Waals surface area contributed by atoms with Crippen LogP contribution in [0.2, 0.25) is 0 Å². The summed E-state index contributed by atoms with van der Waals surface area (Å²) in [5, 5.41) is 0. The van der Waals surface area contributed by atoms with E-state index in [9.17, 15) is 8.78 Å². The van der Waals surface area contributed by atoms with Crippen LogP contribution in [0.5, 0.6) is 0 Å². The topological polar surface area (TPSA) is 38.5 Å². The van der Waals surface area contributed by atoms with Gasteiger partial charge in [-0.25, -0.2) is 8.78 Å². The smallest absolute Gasteiger partial charge is 0.126 e. The van der Waals surface area contributed by atoms with Crippen molar-refractivity contribution in [1.82, 2.24) is 4.90 Å². The average Bonchev–Trinajstić information content (AvgIpc) is 2.45. The van der Waals surface area contributed by atoms with Gasteiger partial charge in [-0.2, -0.15) is 0 Å². The lowest BCUT2D eigenvalue weighted by molar-refractivity contribution is 0.0983. The van der Waals surface area contributed by atoms with Gasteiger partial charge in [0.1, 0.15) is 11.6 Å². The summed E-state index contributed by atoms with van der Waals surface area (Å²) in [6.45, 7) is 3.77. The standard InChI is InChI=1S/C16H24F2N2O/c1-21-11-12-2-5-20(6-3-12)7-4-16(19)13-8-14(17)10-15(18)9-13/h8-10,12,16H,2-7,11,19H2,1H3. The first-order valence-electron chi connectivity index (χ1n) is 7.51. The van der Waals surface area contributed by atoms with Gasteiger partial charge in [-0.15, -0.1) is 0 Å². The molecule has 1 aromatic carbocycles. The molecule has 1 aromatic rings. The second-order valence-electron chi connectivity index (χ2n) is 5.84. The first kappa shape index (κ1) is 16.3. The largest absolute Gasteiger partial charge is 0.384 e. The van der Waals surface area contributed by atoms with Gasteiger partial charge in [-0.05, 0) is 62.5 Å². The van der Waals surface area contributed by atoms with Crippen molar-refractivity contribution in [1.29, 1.82) is 0 Å². The highest BCUT2D eigenvalue weighted by Gasteiger charge is 2.19. The summed E-state index contributed by atoms with van der Waals surface area (Å²) in [7, 11) is 1.74. The fourth-order valence-corrected chi connectivity index (χ4v) is 2.89. The number of methoxy groups -OCH3 is 1. The lowest BCUT2D eigenvalue weighted by atomic mass is 9.97. The highest BCUT2D eigenvalue weighted by Crippen LogP contribution is 2.21. The van der Waals surface area contributed by atoms with E-state index in [-0.39, 0.29) is 6.04 Å². The predicted octanol–water partition coefficient (Wildman–Crippen LogP) is 2.71. The molecule has 2 rings (SSSR count). The van der Waals surface area contributed by atoms with Gasteiger partial charge in [0.25, 0.3) is 0 Å². The van der Waals surface area contributed by atoms with E-state index in [1.165, 1.54) is 12.1 Å². The zero-order chi connectivity index (χ0) is 15.2. The molecule has 1 saturated heterocycles. The van der Waals surface area contributed by atoms with Crippen molar-refractivity contribution in [3.63, 3.8) is 0 Å². The quantitative estimate of drug-likeness (QED) is 0.877. The Hall–Kier alpha value is -1.04. The number of ether oxygens (including phenoxy) is 1. The SMILES string of the molecule is COCC1CCN(CCC(N)c2cc(F)cc(F)c2)CC1. The lowest BCUT2D eigenvalue weighted by Crippen LogP contribution is -2.36. The lowest BCUT2D eigenvalue weighted by Gasteiger charge is -2.32. The number of piperidine rings is 1. The van der Waals surface area contributed by atoms with Crippen LogP contribution < -0.4 is 5.73 Å². The maximum absolute atomic E-state index is 13.2. The van der Waals surface area contributed by atoms with E-state index < -0.39 is 11.6 Å². The summed E-state index contributed by atoms with van der Waals surface area (Å²) in [6, 6.07) is 3.18. The Morgan fingerprint density at radius 3 is 2.43 bits per heavy atom. The normalized spacial score (nSPS) is 18.9. The number of nitrogens with two attached hydrogens (primary N) is 1. The molecule has 0 bridgehead atoms. The van der Waals surface area contributed by atoms with Crippen molar-refractivity contribution < 1.29 is 13.5 Å². The minimum absolute atomic E-state index is 0.327. The van der Waals surface area contributed by atoms with Crippen LogP contribution in [0.25, 0.3) is 0 Å².